The predicted molar refractivity (Wildman–Crippen MR) is 78.3 cm³/mol. The van der Waals surface area contributed by atoms with Crippen molar-refractivity contribution < 1.29 is 18.3 Å². The van der Waals surface area contributed by atoms with Gasteiger partial charge in [-0.05, 0) is 17.2 Å². The van der Waals surface area contributed by atoms with Crippen molar-refractivity contribution >= 4 is 14.5 Å². The zero-order valence-corrected chi connectivity index (χ0v) is 13.2. The molecule has 0 aliphatic carbocycles. The maximum Gasteiger partial charge on any atom is 0.356 e. The highest BCUT2D eigenvalue weighted by atomic mass is 28.3. The van der Waals surface area contributed by atoms with Crippen molar-refractivity contribution in [2.45, 2.75) is 13.3 Å². The van der Waals surface area contributed by atoms with E-state index < -0.39 is 9.28 Å². The predicted octanol–water partition coefficient (Wildman–Crippen LogP) is 1.00. The van der Waals surface area contributed by atoms with Crippen LogP contribution in [0.25, 0.3) is 0 Å². The molecule has 108 valence electrons. The molecule has 0 amide bonds. The van der Waals surface area contributed by atoms with E-state index >= 15 is 0 Å². The van der Waals surface area contributed by atoms with Gasteiger partial charge < -0.3 is 18.3 Å². The van der Waals surface area contributed by atoms with E-state index in [0.29, 0.717) is 26.4 Å². The minimum Gasteiger partial charge on any atom is -0.391 e. The van der Waals surface area contributed by atoms with E-state index in [4.69, 9.17) is 18.3 Å². The summed E-state index contributed by atoms with van der Waals surface area (Å²) in [6.45, 7) is 4.46. The SMILES string of the molecule is CCc1ccccc1[SiH](OCCOC)OCCOC. The van der Waals surface area contributed by atoms with Crippen LogP contribution in [0, 0.1) is 0 Å². The van der Waals surface area contributed by atoms with Gasteiger partial charge in [-0.15, -0.1) is 0 Å². The number of hydrogen-bond donors (Lipinski definition) is 0. The van der Waals surface area contributed by atoms with Gasteiger partial charge in [0.15, 0.2) is 0 Å². The summed E-state index contributed by atoms with van der Waals surface area (Å²) in [4.78, 5) is 0. The summed E-state index contributed by atoms with van der Waals surface area (Å²) in [5.41, 5.74) is 1.30. The number of methoxy groups -OCH3 is 2. The molecule has 0 saturated heterocycles. The Hall–Kier alpha value is -0.723. The van der Waals surface area contributed by atoms with Crippen LogP contribution in [-0.4, -0.2) is 49.9 Å². The fraction of sp³-hybridized carbons (Fsp3) is 0.571. The summed E-state index contributed by atoms with van der Waals surface area (Å²) in [5, 5.41) is 1.22. The third-order valence-electron chi connectivity index (χ3n) is 2.80. The Labute approximate surface area is 117 Å². The van der Waals surface area contributed by atoms with Crippen LogP contribution >= 0.6 is 0 Å². The highest BCUT2D eigenvalue weighted by molar-refractivity contribution is 6.61. The van der Waals surface area contributed by atoms with Gasteiger partial charge in [0.05, 0.1) is 26.4 Å². The van der Waals surface area contributed by atoms with Crippen LogP contribution in [-0.2, 0) is 24.7 Å². The van der Waals surface area contributed by atoms with E-state index in [1.165, 1.54) is 10.8 Å². The molecule has 0 fully saturated rings. The lowest BCUT2D eigenvalue weighted by molar-refractivity contribution is 0.104. The van der Waals surface area contributed by atoms with Gasteiger partial charge in [0.2, 0.25) is 0 Å². The molecule has 1 rings (SSSR count). The van der Waals surface area contributed by atoms with Gasteiger partial charge in [-0.25, -0.2) is 0 Å². The fourth-order valence-corrected chi connectivity index (χ4v) is 3.74. The van der Waals surface area contributed by atoms with Crippen LogP contribution in [0.4, 0.5) is 0 Å². The molecular weight excluding hydrogens is 260 g/mol. The van der Waals surface area contributed by atoms with Crippen molar-refractivity contribution in [3.8, 4) is 0 Å². The first kappa shape index (κ1) is 16.3. The summed E-state index contributed by atoms with van der Waals surface area (Å²) in [6.07, 6.45) is 0.987. The van der Waals surface area contributed by atoms with E-state index in [-0.39, 0.29) is 0 Å². The van der Waals surface area contributed by atoms with Gasteiger partial charge in [0.1, 0.15) is 0 Å². The van der Waals surface area contributed by atoms with Crippen LogP contribution in [0.3, 0.4) is 0 Å². The van der Waals surface area contributed by atoms with Crippen molar-refractivity contribution in [1.29, 1.82) is 0 Å². The lowest BCUT2D eigenvalue weighted by Gasteiger charge is -2.19. The van der Waals surface area contributed by atoms with Crippen LogP contribution in [0.2, 0.25) is 0 Å². The first-order valence-electron chi connectivity index (χ1n) is 6.62. The van der Waals surface area contributed by atoms with Crippen LogP contribution in [0.15, 0.2) is 24.3 Å². The first-order chi connectivity index (χ1) is 9.33. The normalized spacial score (nSPS) is 11.2. The standard InChI is InChI=1S/C14H24O4Si/c1-4-13-7-5-6-8-14(13)19(17-11-9-15-2)18-12-10-16-3/h5-8,19H,4,9-12H2,1-3H3. The van der Waals surface area contributed by atoms with Crippen molar-refractivity contribution in [2.24, 2.45) is 0 Å². The van der Waals surface area contributed by atoms with Gasteiger partial charge in [0, 0.05) is 14.2 Å². The molecule has 0 atom stereocenters. The highest BCUT2D eigenvalue weighted by Gasteiger charge is 2.19. The number of hydrogen-bond acceptors (Lipinski definition) is 4. The quantitative estimate of drug-likeness (QED) is 0.474. The Bertz CT molecular complexity index is 336. The first-order valence-corrected chi connectivity index (χ1v) is 8.14. The van der Waals surface area contributed by atoms with E-state index in [1.54, 1.807) is 14.2 Å². The fourth-order valence-electron chi connectivity index (χ4n) is 1.79. The summed E-state index contributed by atoms with van der Waals surface area (Å²) in [7, 11) is 1.47. The third-order valence-corrected chi connectivity index (χ3v) is 4.95. The van der Waals surface area contributed by atoms with E-state index in [2.05, 4.69) is 25.1 Å². The summed E-state index contributed by atoms with van der Waals surface area (Å²) >= 11 is 0. The largest absolute Gasteiger partial charge is 0.391 e. The Morgan fingerprint density at radius 2 is 1.47 bits per heavy atom. The van der Waals surface area contributed by atoms with E-state index in [1.807, 2.05) is 6.07 Å². The molecule has 4 nitrogen and oxygen atoms in total. The minimum atomic E-state index is -1.87. The molecule has 0 saturated carbocycles. The molecule has 0 radical (unpaired) electrons. The number of aryl methyl sites for hydroxylation is 1. The van der Waals surface area contributed by atoms with Crippen LogP contribution in [0.5, 0.6) is 0 Å². The zero-order chi connectivity index (χ0) is 13.9. The minimum absolute atomic E-state index is 0.568. The highest BCUT2D eigenvalue weighted by Crippen LogP contribution is 2.02. The van der Waals surface area contributed by atoms with Crippen LogP contribution < -0.4 is 5.19 Å². The second kappa shape index (κ2) is 10.1. The van der Waals surface area contributed by atoms with Crippen LogP contribution in [0.1, 0.15) is 12.5 Å². The van der Waals surface area contributed by atoms with Gasteiger partial charge in [0.25, 0.3) is 0 Å². The molecule has 0 aliphatic heterocycles. The van der Waals surface area contributed by atoms with E-state index in [9.17, 15) is 0 Å². The van der Waals surface area contributed by atoms with Gasteiger partial charge in [-0.1, -0.05) is 31.2 Å². The monoisotopic (exact) mass is 284 g/mol. The van der Waals surface area contributed by atoms with Gasteiger partial charge in [-0.2, -0.15) is 0 Å². The molecule has 0 aromatic heterocycles. The maximum absolute atomic E-state index is 5.89. The zero-order valence-electron chi connectivity index (χ0n) is 12.1. The lowest BCUT2D eigenvalue weighted by Crippen LogP contribution is -2.40. The van der Waals surface area contributed by atoms with Crippen molar-refractivity contribution in [3.05, 3.63) is 29.8 Å². The summed E-state index contributed by atoms with van der Waals surface area (Å²) in [6, 6.07) is 8.33. The maximum atomic E-state index is 5.89. The molecule has 1 aromatic rings. The van der Waals surface area contributed by atoms with E-state index in [0.717, 1.165) is 6.42 Å². The average Bonchev–Trinajstić information content (AvgIpc) is 2.46. The molecule has 0 spiro atoms. The Kier molecular flexibility index (Phi) is 8.69. The summed E-state index contributed by atoms with van der Waals surface area (Å²) < 4.78 is 21.8. The molecule has 0 N–H and O–H groups in total. The number of benzene rings is 1. The molecule has 19 heavy (non-hydrogen) atoms. The topological polar surface area (TPSA) is 36.9 Å². The molecule has 0 aliphatic rings. The molecule has 0 unspecified atom stereocenters. The molecule has 1 aromatic carbocycles. The smallest absolute Gasteiger partial charge is 0.356 e. The second-order valence-electron chi connectivity index (χ2n) is 4.11. The third kappa shape index (κ3) is 5.84. The number of ether oxygens (including phenoxy) is 2. The molecule has 0 heterocycles. The van der Waals surface area contributed by atoms with Crippen molar-refractivity contribution in [1.82, 2.24) is 0 Å². The van der Waals surface area contributed by atoms with Gasteiger partial charge >= 0.3 is 9.28 Å². The van der Waals surface area contributed by atoms with Crippen molar-refractivity contribution in [3.63, 3.8) is 0 Å². The second-order valence-corrected chi connectivity index (χ2v) is 6.06. The Balaban J connectivity index is 2.69. The molecule has 0 bridgehead atoms. The molecular formula is C14H24O4Si. The Morgan fingerprint density at radius 1 is 0.895 bits per heavy atom. The van der Waals surface area contributed by atoms with Crippen molar-refractivity contribution in [2.75, 3.05) is 40.6 Å². The molecule has 5 heteroatoms. The average molecular weight is 284 g/mol. The Morgan fingerprint density at radius 3 is 2.00 bits per heavy atom. The van der Waals surface area contributed by atoms with Gasteiger partial charge in [-0.3, -0.25) is 0 Å². The lowest BCUT2D eigenvalue weighted by atomic mass is 10.2. The summed E-state index contributed by atoms with van der Waals surface area (Å²) in [5.74, 6) is 0. The number of rotatable bonds is 10.